The molecule has 4 atom stereocenters. The van der Waals surface area contributed by atoms with Crippen molar-refractivity contribution in [2.24, 2.45) is 16.5 Å². The molecule has 15 nitrogen and oxygen atoms in total. The number of amides is 5. The third-order valence-corrected chi connectivity index (χ3v) is 5.57. The van der Waals surface area contributed by atoms with Crippen LogP contribution in [0.4, 0.5) is 0 Å². The standard InChI is InChI=1S/C23H34N8O7/c24-23(25)26-8-4-7-14-20(36)30-17(12-33)22(38)31-16(11-32)21(37)29-15(9-13-5-2-1-3-6-13)19(35)27-10-18(34)28-14/h1-3,5-6,14-17,32-33H,4,7-12H2,(H,27,35)(H,28,34)(H,29,37)(H,30,36)(H,31,38)(H4,24,25,26)/t14-,15-,16-,17-/m0/s1. The summed E-state index contributed by atoms with van der Waals surface area (Å²) < 4.78 is 0. The summed E-state index contributed by atoms with van der Waals surface area (Å²) >= 11 is 0. The lowest BCUT2D eigenvalue weighted by Crippen LogP contribution is -2.59. The molecule has 0 unspecified atom stereocenters. The first-order valence-electron chi connectivity index (χ1n) is 11.9. The van der Waals surface area contributed by atoms with Crippen LogP contribution in [0, 0.1) is 0 Å². The summed E-state index contributed by atoms with van der Waals surface area (Å²) in [6.07, 6.45) is 0.402. The fourth-order valence-corrected chi connectivity index (χ4v) is 3.57. The fraction of sp³-hybridized carbons (Fsp3) is 0.478. The Morgan fingerprint density at radius 1 is 0.789 bits per heavy atom. The van der Waals surface area contributed by atoms with E-state index in [0.29, 0.717) is 5.56 Å². The Bertz CT molecular complexity index is 1020. The lowest BCUT2D eigenvalue weighted by Gasteiger charge is -2.24. The molecule has 1 aromatic carbocycles. The normalized spacial score (nSPS) is 23.5. The highest BCUT2D eigenvalue weighted by Gasteiger charge is 2.31. The second-order valence-electron chi connectivity index (χ2n) is 8.53. The van der Waals surface area contributed by atoms with Crippen LogP contribution < -0.4 is 38.1 Å². The first kappa shape index (κ1) is 30.0. The van der Waals surface area contributed by atoms with Crippen LogP contribution in [0.15, 0.2) is 35.3 Å². The van der Waals surface area contributed by atoms with Crippen LogP contribution in [0.25, 0.3) is 0 Å². The molecule has 0 aromatic heterocycles. The molecule has 15 heteroatoms. The van der Waals surface area contributed by atoms with Crippen LogP contribution in [-0.4, -0.2) is 96.2 Å². The highest BCUT2D eigenvalue weighted by molar-refractivity contribution is 5.97. The Morgan fingerprint density at radius 3 is 1.89 bits per heavy atom. The van der Waals surface area contributed by atoms with Crippen LogP contribution in [-0.2, 0) is 30.4 Å². The van der Waals surface area contributed by atoms with Gasteiger partial charge in [-0.3, -0.25) is 29.0 Å². The lowest BCUT2D eigenvalue weighted by atomic mass is 10.0. The number of guanidine groups is 1. The van der Waals surface area contributed by atoms with Gasteiger partial charge in [0.25, 0.3) is 0 Å². The van der Waals surface area contributed by atoms with Crippen molar-refractivity contribution in [3.05, 3.63) is 35.9 Å². The zero-order chi connectivity index (χ0) is 28.1. The molecule has 1 aromatic rings. The largest absolute Gasteiger partial charge is 0.394 e. The number of carbonyl (C=O) groups excluding carboxylic acids is 5. The van der Waals surface area contributed by atoms with E-state index < -0.39 is 73.5 Å². The number of carbonyl (C=O) groups is 5. The Hall–Kier alpha value is -4.24. The summed E-state index contributed by atoms with van der Waals surface area (Å²) in [6, 6.07) is 3.46. The number of aliphatic hydroxyl groups excluding tert-OH is 2. The predicted octanol–water partition coefficient (Wildman–Crippen LogP) is -4.66. The molecule has 38 heavy (non-hydrogen) atoms. The highest BCUT2D eigenvalue weighted by atomic mass is 16.3. The van der Waals surface area contributed by atoms with Crippen molar-refractivity contribution >= 4 is 35.5 Å². The first-order valence-corrected chi connectivity index (χ1v) is 11.9. The van der Waals surface area contributed by atoms with E-state index in [0.717, 1.165) is 0 Å². The van der Waals surface area contributed by atoms with E-state index in [-0.39, 0.29) is 31.8 Å². The summed E-state index contributed by atoms with van der Waals surface area (Å²) in [5.74, 6) is -4.19. The van der Waals surface area contributed by atoms with Crippen molar-refractivity contribution in [1.29, 1.82) is 0 Å². The van der Waals surface area contributed by atoms with Crippen molar-refractivity contribution in [1.82, 2.24) is 26.6 Å². The number of nitrogens with two attached hydrogens (primary N) is 2. The van der Waals surface area contributed by atoms with Gasteiger partial charge in [0.15, 0.2) is 5.96 Å². The molecule has 1 fully saturated rings. The number of hydrogen-bond acceptors (Lipinski definition) is 8. The topological polar surface area (TPSA) is 250 Å². The van der Waals surface area contributed by atoms with Gasteiger partial charge in [-0.25, -0.2) is 0 Å². The molecule has 1 heterocycles. The van der Waals surface area contributed by atoms with Crippen LogP contribution in [0.2, 0.25) is 0 Å². The average molecular weight is 535 g/mol. The Labute approximate surface area is 218 Å². The Balaban J connectivity index is 2.30. The zero-order valence-electron chi connectivity index (χ0n) is 20.7. The number of hydrogen-bond donors (Lipinski definition) is 9. The summed E-state index contributed by atoms with van der Waals surface area (Å²) in [4.78, 5) is 67.7. The van der Waals surface area contributed by atoms with Crippen LogP contribution in [0.3, 0.4) is 0 Å². The van der Waals surface area contributed by atoms with Gasteiger partial charge in [0.05, 0.1) is 19.8 Å². The zero-order valence-corrected chi connectivity index (χ0v) is 20.7. The fourth-order valence-electron chi connectivity index (χ4n) is 3.57. The highest BCUT2D eigenvalue weighted by Crippen LogP contribution is 2.05. The maximum absolute atomic E-state index is 12.9. The van der Waals surface area contributed by atoms with E-state index in [1.165, 1.54) is 0 Å². The Morgan fingerprint density at radius 2 is 1.34 bits per heavy atom. The molecule has 5 amide bonds. The first-order chi connectivity index (χ1) is 18.1. The number of benzene rings is 1. The molecule has 11 N–H and O–H groups in total. The van der Waals surface area contributed by atoms with E-state index in [2.05, 4.69) is 31.6 Å². The third-order valence-electron chi connectivity index (χ3n) is 5.57. The van der Waals surface area contributed by atoms with Gasteiger partial charge in [-0.2, -0.15) is 0 Å². The Kier molecular flexibility index (Phi) is 11.9. The van der Waals surface area contributed by atoms with Gasteiger partial charge in [0.2, 0.25) is 29.5 Å². The van der Waals surface area contributed by atoms with Gasteiger partial charge < -0.3 is 48.3 Å². The molecule has 208 valence electrons. The molecule has 1 saturated heterocycles. The van der Waals surface area contributed by atoms with Crippen LogP contribution in [0.5, 0.6) is 0 Å². The smallest absolute Gasteiger partial charge is 0.245 e. The van der Waals surface area contributed by atoms with Gasteiger partial charge in [0, 0.05) is 13.0 Å². The number of aliphatic imine (C=N–C) groups is 1. The number of aliphatic hydroxyl groups is 2. The van der Waals surface area contributed by atoms with E-state index >= 15 is 0 Å². The third kappa shape index (κ3) is 9.67. The monoisotopic (exact) mass is 534 g/mol. The SMILES string of the molecule is NC(N)=NCCC[C@@H]1NC(=O)CNC(=O)[C@H](Cc2ccccc2)NC(=O)[C@H](CO)NC(=O)[C@H](CO)NC1=O. The number of rotatable bonds is 8. The number of nitrogens with one attached hydrogen (secondary N) is 5. The maximum atomic E-state index is 12.9. The summed E-state index contributed by atoms with van der Waals surface area (Å²) in [6.45, 7) is -2.00. The van der Waals surface area contributed by atoms with Crippen LogP contribution >= 0.6 is 0 Å². The molecule has 0 aliphatic carbocycles. The molecule has 0 radical (unpaired) electrons. The molecule has 2 rings (SSSR count). The molecule has 0 bridgehead atoms. The van der Waals surface area contributed by atoms with E-state index in [1.54, 1.807) is 30.3 Å². The second-order valence-corrected chi connectivity index (χ2v) is 8.53. The summed E-state index contributed by atoms with van der Waals surface area (Å²) in [7, 11) is 0. The minimum Gasteiger partial charge on any atom is -0.394 e. The van der Waals surface area contributed by atoms with Gasteiger partial charge >= 0.3 is 0 Å². The van der Waals surface area contributed by atoms with E-state index in [1.807, 2.05) is 0 Å². The molecular formula is C23H34N8O7. The van der Waals surface area contributed by atoms with Gasteiger partial charge in [-0.15, -0.1) is 0 Å². The molecule has 1 aliphatic rings. The van der Waals surface area contributed by atoms with Crippen molar-refractivity contribution in [2.75, 3.05) is 26.3 Å². The quantitative estimate of drug-likeness (QED) is 0.0881. The molecule has 0 saturated carbocycles. The van der Waals surface area contributed by atoms with E-state index in [4.69, 9.17) is 11.5 Å². The predicted molar refractivity (Wildman–Crippen MR) is 135 cm³/mol. The average Bonchev–Trinajstić information content (AvgIpc) is 2.89. The van der Waals surface area contributed by atoms with Gasteiger partial charge in [-0.1, -0.05) is 30.3 Å². The molecular weight excluding hydrogens is 500 g/mol. The minimum atomic E-state index is -1.49. The van der Waals surface area contributed by atoms with Crippen molar-refractivity contribution in [2.45, 2.75) is 43.4 Å². The number of nitrogens with zero attached hydrogens (tertiary/aromatic N) is 1. The van der Waals surface area contributed by atoms with Crippen molar-refractivity contribution in [3.8, 4) is 0 Å². The van der Waals surface area contributed by atoms with Crippen molar-refractivity contribution < 1.29 is 34.2 Å². The molecule has 0 spiro atoms. The lowest BCUT2D eigenvalue weighted by molar-refractivity contribution is -0.135. The summed E-state index contributed by atoms with van der Waals surface area (Å²) in [5, 5.41) is 31.3. The van der Waals surface area contributed by atoms with E-state index in [9.17, 15) is 34.2 Å². The van der Waals surface area contributed by atoms with Crippen LogP contribution in [0.1, 0.15) is 18.4 Å². The van der Waals surface area contributed by atoms with Gasteiger partial charge in [0.1, 0.15) is 24.2 Å². The minimum absolute atomic E-state index is 0.0544. The summed E-state index contributed by atoms with van der Waals surface area (Å²) in [5.41, 5.74) is 11.3. The maximum Gasteiger partial charge on any atom is 0.245 e. The van der Waals surface area contributed by atoms with Crippen molar-refractivity contribution in [3.63, 3.8) is 0 Å². The molecule has 1 aliphatic heterocycles. The van der Waals surface area contributed by atoms with Gasteiger partial charge in [-0.05, 0) is 18.4 Å². The second kappa shape index (κ2) is 15.1.